The molecule has 3 atom stereocenters. The summed E-state index contributed by atoms with van der Waals surface area (Å²) in [4.78, 5) is 14.8. The zero-order valence-corrected chi connectivity index (χ0v) is 14.4. The van der Waals surface area contributed by atoms with Gasteiger partial charge in [-0.3, -0.25) is 4.79 Å². The van der Waals surface area contributed by atoms with E-state index in [1.807, 2.05) is 0 Å². The second-order valence-electron chi connectivity index (χ2n) is 7.84. The third kappa shape index (κ3) is 2.95. The van der Waals surface area contributed by atoms with Crippen molar-refractivity contribution in [3.05, 3.63) is 17.2 Å². The van der Waals surface area contributed by atoms with Crippen LogP contribution in [0.15, 0.2) is 0 Å². The molecular formula is C18H24F3N3O. The zero-order chi connectivity index (χ0) is 17.7. The van der Waals surface area contributed by atoms with Gasteiger partial charge in [0, 0.05) is 19.1 Å². The van der Waals surface area contributed by atoms with Crippen molar-refractivity contribution in [2.75, 3.05) is 0 Å². The Hall–Kier alpha value is -1.53. The van der Waals surface area contributed by atoms with Crippen LogP contribution in [0.3, 0.4) is 0 Å². The summed E-state index contributed by atoms with van der Waals surface area (Å²) in [5.41, 5.74) is -1.26. The molecule has 138 valence electrons. The highest BCUT2D eigenvalue weighted by Gasteiger charge is 2.44. The molecule has 0 spiro atoms. The number of hydrogen-bond donors (Lipinski definition) is 0. The van der Waals surface area contributed by atoms with E-state index in [-0.39, 0.29) is 12.1 Å². The number of carbonyl (C=O) groups excluding carboxylic acids is 1. The number of hydrogen-bond acceptors (Lipinski definition) is 2. The van der Waals surface area contributed by atoms with Crippen LogP contribution < -0.4 is 0 Å². The summed E-state index contributed by atoms with van der Waals surface area (Å²) in [5.74, 6) is -0.175. The number of amides is 1. The summed E-state index contributed by atoms with van der Waals surface area (Å²) in [7, 11) is 1.25. The molecule has 0 saturated heterocycles. The number of halogens is 3. The lowest BCUT2D eigenvalue weighted by molar-refractivity contribution is 0.0525. The summed E-state index contributed by atoms with van der Waals surface area (Å²) in [6.45, 7) is 0. The fourth-order valence-electron chi connectivity index (χ4n) is 4.92. The fraction of sp³-hybridized carbons (Fsp3) is 0.778. The molecule has 0 aromatic carbocycles. The number of alkyl halides is 2. The minimum absolute atomic E-state index is 0.0458. The van der Waals surface area contributed by atoms with Crippen LogP contribution in [0.1, 0.15) is 73.8 Å². The number of fused-ring (bicyclic) bond motifs is 1. The van der Waals surface area contributed by atoms with Gasteiger partial charge < -0.3 is 4.90 Å². The molecular weight excluding hydrogens is 331 g/mol. The van der Waals surface area contributed by atoms with E-state index in [1.54, 1.807) is 4.90 Å². The van der Waals surface area contributed by atoms with Crippen LogP contribution in [0, 0.1) is 17.8 Å². The Morgan fingerprint density at radius 3 is 2.48 bits per heavy atom. The first-order valence-corrected chi connectivity index (χ1v) is 9.30. The second kappa shape index (κ2) is 6.32. The highest BCUT2D eigenvalue weighted by atomic mass is 19.3. The van der Waals surface area contributed by atoms with Crippen LogP contribution in [-0.4, -0.2) is 32.7 Å². The number of aryl methyl sites for hydroxylation is 1. The van der Waals surface area contributed by atoms with Gasteiger partial charge in [0.1, 0.15) is 11.3 Å². The van der Waals surface area contributed by atoms with E-state index in [0.717, 1.165) is 42.7 Å². The van der Waals surface area contributed by atoms with Crippen molar-refractivity contribution in [1.29, 1.82) is 0 Å². The quantitative estimate of drug-likeness (QED) is 0.817. The average molecular weight is 355 g/mol. The summed E-state index contributed by atoms with van der Waals surface area (Å²) >= 11 is 0. The van der Waals surface area contributed by atoms with Crippen molar-refractivity contribution in [3.8, 4) is 0 Å². The predicted molar refractivity (Wildman–Crippen MR) is 85.8 cm³/mol. The van der Waals surface area contributed by atoms with Gasteiger partial charge in [0.15, 0.2) is 0 Å². The normalized spacial score (nSPS) is 29.1. The molecule has 4 rings (SSSR count). The van der Waals surface area contributed by atoms with E-state index in [9.17, 15) is 18.0 Å². The van der Waals surface area contributed by atoms with Gasteiger partial charge in [0.25, 0.3) is 12.3 Å². The first-order valence-electron chi connectivity index (χ1n) is 9.30. The van der Waals surface area contributed by atoms with Crippen LogP contribution in [0.2, 0.25) is 0 Å². The lowest BCUT2D eigenvalue weighted by Gasteiger charge is -2.39. The molecule has 3 saturated carbocycles. The standard InChI is InChI=1S/C18H24F3N3O/c1-23-17(21)14(15(22-23)16(19)20)18(25)24(12-7-8-12)13-6-5-10-3-2-4-11(10)9-13/h10-13,16H,2-9H2,1H3. The van der Waals surface area contributed by atoms with Crippen LogP contribution in [0.4, 0.5) is 13.2 Å². The molecule has 3 unspecified atom stereocenters. The monoisotopic (exact) mass is 355 g/mol. The third-order valence-electron chi connectivity index (χ3n) is 6.26. The zero-order valence-electron chi connectivity index (χ0n) is 14.4. The Kier molecular flexibility index (Phi) is 4.28. The Bertz CT molecular complexity index is 671. The SMILES string of the molecule is Cn1nc(C(F)F)c(C(=O)N(C2CC2)C2CCC3CCCC3C2)c1F. The Balaban J connectivity index is 1.62. The Morgan fingerprint density at radius 2 is 1.80 bits per heavy atom. The molecule has 4 nitrogen and oxygen atoms in total. The van der Waals surface area contributed by atoms with E-state index in [2.05, 4.69) is 5.10 Å². The molecule has 3 fully saturated rings. The smallest absolute Gasteiger partial charge is 0.283 e. The molecule has 1 aromatic heterocycles. The molecule has 1 heterocycles. The molecule has 7 heteroatoms. The van der Waals surface area contributed by atoms with Gasteiger partial charge in [-0.1, -0.05) is 19.3 Å². The summed E-state index contributed by atoms with van der Waals surface area (Å²) < 4.78 is 41.7. The van der Waals surface area contributed by atoms with Crippen LogP contribution in [0.5, 0.6) is 0 Å². The predicted octanol–water partition coefficient (Wildman–Crippen LogP) is 4.07. The highest BCUT2D eigenvalue weighted by molar-refractivity contribution is 5.96. The van der Waals surface area contributed by atoms with E-state index in [1.165, 1.54) is 26.3 Å². The van der Waals surface area contributed by atoms with E-state index in [4.69, 9.17) is 0 Å². The number of nitrogens with zero attached hydrogens (tertiary/aromatic N) is 3. The van der Waals surface area contributed by atoms with E-state index in [0.29, 0.717) is 5.92 Å². The third-order valence-corrected chi connectivity index (χ3v) is 6.26. The van der Waals surface area contributed by atoms with Gasteiger partial charge in [0.05, 0.1) is 0 Å². The first-order chi connectivity index (χ1) is 12.0. The maximum atomic E-state index is 14.4. The molecule has 0 bridgehead atoms. The molecule has 3 aliphatic rings. The molecule has 0 N–H and O–H groups in total. The van der Waals surface area contributed by atoms with Crippen LogP contribution in [-0.2, 0) is 7.05 Å². The summed E-state index contributed by atoms with van der Waals surface area (Å²) in [6.07, 6.45) is 5.41. The van der Waals surface area contributed by atoms with Crippen LogP contribution in [0.25, 0.3) is 0 Å². The average Bonchev–Trinajstić information content (AvgIpc) is 3.20. The maximum absolute atomic E-state index is 14.4. The topological polar surface area (TPSA) is 38.1 Å². The van der Waals surface area contributed by atoms with Crippen molar-refractivity contribution in [1.82, 2.24) is 14.7 Å². The molecule has 1 aromatic rings. The van der Waals surface area contributed by atoms with Gasteiger partial charge in [-0.2, -0.15) is 9.49 Å². The molecule has 3 aliphatic carbocycles. The Labute approximate surface area is 145 Å². The summed E-state index contributed by atoms with van der Waals surface area (Å²) in [5, 5.41) is 3.54. The van der Waals surface area contributed by atoms with Gasteiger partial charge in [0.2, 0.25) is 5.95 Å². The number of aromatic nitrogens is 2. The van der Waals surface area contributed by atoms with Crippen molar-refractivity contribution < 1.29 is 18.0 Å². The molecule has 25 heavy (non-hydrogen) atoms. The van der Waals surface area contributed by atoms with Gasteiger partial charge in [-0.15, -0.1) is 0 Å². The largest absolute Gasteiger partial charge is 0.332 e. The lowest BCUT2D eigenvalue weighted by atomic mass is 9.78. The van der Waals surface area contributed by atoms with Crippen molar-refractivity contribution in [3.63, 3.8) is 0 Å². The molecule has 1 amide bonds. The molecule has 0 aliphatic heterocycles. The van der Waals surface area contributed by atoms with Crippen molar-refractivity contribution in [2.24, 2.45) is 18.9 Å². The van der Waals surface area contributed by atoms with E-state index < -0.39 is 29.5 Å². The number of carbonyl (C=O) groups is 1. The van der Waals surface area contributed by atoms with Gasteiger partial charge in [-0.25, -0.2) is 13.5 Å². The minimum atomic E-state index is -2.96. The highest BCUT2D eigenvalue weighted by Crippen LogP contribution is 2.45. The fourth-order valence-corrected chi connectivity index (χ4v) is 4.92. The summed E-state index contributed by atoms with van der Waals surface area (Å²) in [6, 6.07) is 0.116. The Morgan fingerprint density at radius 1 is 1.12 bits per heavy atom. The van der Waals surface area contributed by atoms with Gasteiger partial charge >= 0.3 is 0 Å². The first kappa shape index (κ1) is 16.9. The maximum Gasteiger partial charge on any atom is 0.283 e. The van der Waals surface area contributed by atoms with Crippen LogP contribution >= 0.6 is 0 Å². The minimum Gasteiger partial charge on any atom is -0.332 e. The van der Waals surface area contributed by atoms with Gasteiger partial charge in [-0.05, 0) is 43.9 Å². The van der Waals surface area contributed by atoms with E-state index >= 15 is 0 Å². The molecule has 0 radical (unpaired) electrons. The lowest BCUT2D eigenvalue weighted by Crippen LogP contribution is -2.45. The second-order valence-corrected chi connectivity index (χ2v) is 7.84. The number of rotatable bonds is 4. The van der Waals surface area contributed by atoms with Crippen molar-refractivity contribution >= 4 is 5.91 Å². The van der Waals surface area contributed by atoms with Crippen molar-refractivity contribution in [2.45, 2.75) is 69.9 Å².